The Kier molecular flexibility index (Phi) is 5.27. The molecule has 0 N–H and O–H groups in total. The molecule has 0 fully saturated rings. The SMILES string of the molecule is CCn1cc(/C=C2\Oc3c(ccc(OC(=O)c4cccc(Cl)c4)c3C)C2=O)c2ccccc21. The van der Waals surface area contributed by atoms with Crippen molar-refractivity contribution in [1.29, 1.82) is 0 Å². The molecule has 4 aromatic rings. The van der Waals surface area contributed by atoms with Gasteiger partial charge in [-0.1, -0.05) is 35.9 Å². The molecule has 6 heteroatoms. The van der Waals surface area contributed by atoms with Crippen molar-refractivity contribution in [1.82, 2.24) is 4.57 Å². The van der Waals surface area contributed by atoms with Crippen LogP contribution in [0.25, 0.3) is 17.0 Å². The van der Waals surface area contributed by atoms with Crippen LogP contribution in [0, 0.1) is 6.92 Å². The number of nitrogens with zero attached hydrogens (tertiary/aromatic N) is 1. The lowest BCUT2D eigenvalue weighted by molar-refractivity contribution is 0.0733. The average molecular weight is 458 g/mol. The van der Waals surface area contributed by atoms with E-state index in [4.69, 9.17) is 21.1 Å². The summed E-state index contributed by atoms with van der Waals surface area (Å²) in [5.74, 6) is 0.241. The molecule has 0 atom stereocenters. The first-order valence-corrected chi connectivity index (χ1v) is 11.0. The summed E-state index contributed by atoms with van der Waals surface area (Å²) < 4.78 is 13.7. The van der Waals surface area contributed by atoms with Crippen molar-refractivity contribution in [2.75, 3.05) is 0 Å². The molecule has 1 aromatic heterocycles. The van der Waals surface area contributed by atoms with Crippen LogP contribution in [0.5, 0.6) is 11.5 Å². The molecule has 0 amide bonds. The number of rotatable bonds is 4. The predicted molar refractivity (Wildman–Crippen MR) is 128 cm³/mol. The minimum absolute atomic E-state index is 0.200. The smallest absolute Gasteiger partial charge is 0.343 e. The number of Topliss-reactive ketones (excluding diaryl/α,β-unsaturated/α-hetero) is 1. The van der Waals surface area contributed by atoms with E-state index >= 15 is 0 Å². The minimum Gasteiger partial charge on any atom is -0.452 e. The summed E-state index contributed by atoms with van der Waals surface area (Å²) in [6.07, 6.45) is 3.79. The van der Waals surface area contributed by atoms with Crippen LogP contribution in [0.2, 0.25) is 5.02 Å². The zero-order valence-electron chi connectivity index (χ0n) is 18.1. The molecule has 0 radical (unpaired) electrons. The van der Waals surface area contributed by atoms with Crippen LogP contribution in [0.1, 0.15) is 38.8 Å². The molecule has 164 valence electrons. The number of ketones is 1. The number of carbonyl (C=O) groups is 2. The summed E-state index contributed by atoms with van der Waals surface area (Å²) >= 11 is 5.97. The van der Waals surface area contributed by atoms with E-state index in [1.807, 2.05) is 24.4 Å². The lowest BCUT2D eigenvalue weighted by atomic mass is 10.1. The number of aryl methyl sites for hydroxylation is 1. The van der Waals surface area contributed by atoms with E-state index in [0.29, 0.717) is 33.2 Å². The van der Waals surface area contributed by atoms with Gasteiger partial charge in [-0.25, -0.2) is 4.79 Å². The van der Waals surface area contributed by atoms with Crippen molar-refractivity contribution < 1.29 is 19.1 Å². The number of ether oxygens (including phenoxy) is 2. The molecule has 3 aromatic carbocycles. The molecule has 1 aliphatic rings. The second kappa shape index (κ2) is 8.26. The van der Waals surface area contributed by atoms with E-state index in [1.54, 1.807) is 49.4 Å². The molecule has 0 unspecified atom stereocenters. The number of benzene rings is 3. The molecule has 5 nitrogen and oxygen atoms in total. The number of halogens is 1. The number of hydrogen-bond acceptors (Lipinski definition) is 4. The van der Waals surface area contributed by atoms with Crippen molar-refractivity contribution in [3.63, 3.8) is 0 Å². The number of carbonyl (C=O) groups excluding carboxylic acids is 2. The van der Waals surface area contributed by atoms with Gasteiger partial charge in [-0.15, -0.1) is 0 Å². The zero-order valence-corrected chi connectivity index (χ0v) is 18.8. The van der Waals surface area contributed by atoms with Crippen molar-refractivity contribution in [3.05, 3.63) is 99.9 Å². The van der Waals surface area contributed by atoms with Gasteiger partial charge in [0.2, 0.25) is 5.78 Å². The first-order chi connectivity index (χ1) is 16.0. The van der Waals surface area contributed by atoms with Crippen molar-refractivity contribution in [2.45, 2.75) is 20.4 Å². The van der Waals surface area contributed by atoms with Gasteiger partial charge in [0.1, 0.15) is 11.5 Å². The number of aromatic nitrogens is 1. The fourth-order valence-electron chi connectivity index (χ4n) is 4.05. The summed E-state index contributed by atoms with van der Waals surface area (Å²) in [7, 11) is 0. The standard InChI is InChI=1S/C27H20ClNO4/c1-3-29-15-18(20-9-4-5-10-22(20)29)14-24-25(30)21-11-12-23(16(2)26(21)32-24)33-27(31)17-7-6-8-19(28)13-17/h4-15H,3H2,1-2H3/b24-14-. The molecule has 1 aliphatic heterocycles. The van der Waals surface area contributed by atoms with Gasteiger partial charge in [0, 0.05) is 39.8 Å². The van der Waals surface area contributed by atoms with E-state index in [1.165, 1.54) is 0 Å². The number of esters is 1. The average Bonchev–Trinajstić information content (AvgIpc) is 3.34. The summed E-state index contributed by atoms with van der Waals surface area (Å²) in [5.41, 5.74) is 3.37. The highest BCUT2D eigenvalue weighted by Gasteiger charge is 2.31. The predicted octanol–water partition coefficient (Wildman–Crippen LogP) is 6.46. The van der Waals surface area contributed by atoms with Crippen molar-refractivity contribution in [3.8, 4) is 11.5 Å². The molecule has 0 spiro atoms. The Hall–Kier alpha value is -3.83. The first-order valence-electron chi connectivity index (χ1n) is 10.6. The summed E-state index contributed by atoms with van der Waals surface area (Å²) in [5, 5.41) is 1.50. The molecule has 33 heavy (non-hydrogen) atoms. The van der Waals surface area contributed by atoms with E-state index in [0.717, 1.165) is 23.0 Å². The fourth-order valence-corrected chi connectivity index (χ4v) is 4.24. The van der Waals surface area contributed by atoms with E-state index < -0.39 is 5.97 Å². The van der Waals surface area contributed by atoms with Crippen LogP contribution >= 0.6 is 11.6 Å². The van der Waals surface area contributed by atoms with Gasteiger partial charge in [-0.05, 0) is 56.3 Å². The van der Waals surface area contributed by atoms with E-state index in [-0.39, 0.29) is 11.5 Å². The van der Waals surface area contributed by atoms with Gasteiger partial charge >= 0.3 is 5.97 Å². The summed E-state index contributed by atoms with van der Waals surface area (Å²) in [6, 6.07) is 17.8. The quantitative estimate of drug-likeness (QED) is 0.200. The maximum absolute atomic E-state index is 13.0. The number of allylic oxidation sites excluding steroid dienone is 1. The molecule has 0 saturated heterocycles. The molecular weight excluding hydrogens is 438 g/mol. The monoisotopic (exact) mass is 457 g/mol. The first kappa shape index (κ1) is 21.0. The molecule has 0 aliphatic carbocycles. The van der Waals surface area contributed by atoms with Gasteiger partial charge in [0.25, 0.3) is 0 Å². The Labute approximate surface area is 195 Å². The Balaban J connectivity index is 1.47. The Morgan fingerprint density at radius 2 is 1.94 bits per heavy atom. The Morgan fingerprint density at radius 3 is 2.73 bits per heavy atom. The number of hydrogen-bond donors (Lipinski definition) is 0. The van der Waals surface area contributed by atoms with Crippen molar-refractivity contribution in [2.24, 2.45) is 0 Å². The number of fused-ring (bicyclic) bond motifs is 2. The van der Waals surface area contributed by atoms with Crippen molar-refractivity contribution >= 4 is 40.3 Å². The number of para-hydroxylation sites is 1. The zero-order chi connectivity index (χ0) is 23.1. The van der Waals surface area contributed by atoms with Gasteiger partial charge < -0.3 is 14.0 Å². The second-order valence-corrected chi connectivity index (χ2v) is 8.23. The maximum Gasteiger partial charge on any atom is 0.343 e. The van der Waals surface area contributed by atoms with Crippen LogP contribution in [0.4, 0.5) is 0 Å². The Morgan fingerprint density at radius 1 is 1.12 bits per heavy atom. The van der Waals surface area contributed by atoms with E-state index in [9.17, 15) is 9.59 Å². The highest BCUT2D eigenvalue weighted by Crippen LogP contribution is 2.40. The van der Waals surface area contributed by atoms with Gasteiger partial charge in [0.15, 0.2) is 5.76 Å². The molecule has 5 rings (SSSR count). The van der Waals surface area contributed by atoms with Crippen LogP contribution < -0.4 is 9.47 Å². The second-order valence-electron chi connectivity index (χ2n) is 7.79. The lowest BCUT2D eigenvalue weighted by Gasteiger charge is -2.10. The summed E-state index contributed by atoms with van der Waals surface area (Å²) in [4.78, 5) is 25.6. The highest BCUT2D eigenvalue weighted by molar-refractivity contribution is 6.30. The minimum atomic E-state index is -0.534. The van der Waals surface area contributed by atoms with Crippen LogP contribution in [0.3, 0.4) is 0 Å². The fraction of sp³-hybridized carbons (Fsp3) is 0.111. The summed E-state index contributed by atoms with van der Waals surface area (Å²) in [6.45, 7) is 4.66. The maximum atomic E-state index is 13.0. The normalized spacial score (nSPS) is 13.9. The van der Waals surface area contributed by atoms with Gasteiger partial charge in [0.05, 0.1) is 11.1 Å². The largest absolute Gasteiger partial charge is 0.452 e. The molecular formula is C27H20ClNO4. The van der Waals surface area contributed by atoms with Gasteiger partial charge in [-0.3, -0.25) is 4.79 Å². The molecule has 0 saturated carbocycles. The third-order valence-electron chi connectivity index (χ3n) is 5.75. The van der Waals surface area contributed by atoms with E-state index in [2.05, 4.69) is 17.6 Å². The topological polar surface area (TPSA) is 57.5 Å². The molecule has 2 heterocycles. The van der Waals surface area contributed by atoms with Crippen LogP contribution in [-0.4, -0.2) is 16.3 Å². The van der Waals surface area contributed by atoms with Crippen LogP contribution in [-0.2, 0) is 6.54 Å². The Bertz CT molecular complexity index is 1460. The third kappa shape index (κ3) is 3.70. The van der Waals surface area contributed by atoms with Gasteiger partial charge in [-0.2, -0.15) is 0 Å². The highest BCUT2D eigenvalue weighted by atomic mass is 35.5. The van der Waals surface area contributed by atoms with Crippen LogP contribution in [0.15, 0.2) is 72.6 Å². The third-order valence-corrected chi connectivity index (χ3v) is 5.98. The lowest BCUT2D eigenvalue weighted by Crippen LogP contribution is -2.09. The molecule has 0 bridgehead atoms.